The fraction of sp³-hybridized carbons (Fsp3) is 0.917. The van der Waals surface area contributed by atoms with Crippen molar-refractivity contribution >= 4 is 15.7 Å². The first-order valence-corrected chi connectivity index (χ1v) is 8.26. The number of amides is 1. The highest BCUT2D eigenvalue weighted by Gasteiger charge is 2.24. The van der Waals surface area contributed by atoms with Crippen molar-refractivity contribution in [2.24, 2.45) is 5.92 Å². The molecule has 1 fully saturated rings. The van der Waals surface area contributed by atoms with Crippen LogP contribution in [0.3, 0.4) is 0 Å². The molecule has 1 aliphatic heterocycles. The lowest BCUT2D eigenvalue weighted by atomic mass is 10.1. The van der Waals surface area contributed by atoms with Gasteiger partial charge in [0, 0.05) is 13.5 Å². The molecule has 0 bridgehead atoms. The van der Waals surface area contributed by atoms with Crippen LogP contribution in [0.1, 0.15) is 47.5 Å². The molecule has 1 amide bonds. The minimum Gasteiger partial charge on any atom is -0.356 e. The predicted molar refractivity (Wildman–Crippen MR) is 72.8 cm³/mol. The molecule has 104 valence electrons. The standard InChI is InChI=1S/C8H15NO3S.2C2H6/c1-7(10)9-5-8-3-2-4-13(11,12)6-8;2*1-2/h8H,2-6H2,1H3,(H,9,10);2*1-2H3. The van der Waals surface area contributed by atoms with E-state index in [4.69, 9.17) is 0 Å². The van der Waals surface area contributed by atoms with Crippen LogP contribution in [0.2, 0.25) is 0 Å². The van der Waals surface area contributed by atoms with Gasteiger partial charge in [0.1, 0.15) is 0 Å². The summed E-state index contributed by atoms with van der Waals surface area (Å²) < 4.78 is 22.4. The lowest BCUT2D eigenvalue weighted by molar-refractivity contribution is -0.119. The maximum Gasteiger partial charge on any atom is 0.216 e. The van der Waals surface area contributed by atoms with E-state index in [2.05, 4.69) is 5.32 Å². The van der Waals surface area contributed by atoms with Crippen molar-refractivity contribution in [2.45, 2.75) is 47.5 Å². The normalized spacial score (nSPS) is 21.1. The molecule has 0 aromatic rings. The Morgan fingerprint density at radius 2 is 1.76 bits per heavy atom. The SMILES string of the molecule is CC.CC.CC(=O)NCC1CCCS(=O)(=O)C1. The predicted octanol–water partition coefficient (Wildman–Crippen LogP) is 2.00. The summed E-state index contributed by atoms with van der Waals surface area (Å²) in [7, 11) is -2.83. The van der Waals surface area contributed by atoms with Gasteiger partial charge in [0.05, 0.1) is 11.5 Å². The maximum absolute atomic E-state index is 11.2. The summed E-state index contributed by atoms with van der Waals surface area (Å²) in [5.41, 5.74) is 0. The number of carbonyl (C=O) groups excluding carboxylic acids is 1. The van der Waals surface area contributed by atoms with Crippen LogP contribution >= 0.6 is 0 Å². The van der Waals surface area contributed by atoms with E-state index >= 15 is 0 Å². The Kier molecular flexibility index (Phi) is 11.7. The lowest BCUT2D eigenvalue weighted by Crippen LogP contribution is -2.34. The summed E-state index contributed by atoms with van der Waals surface area (Å²) in [4.78, 5) is 10.6. The van der Waals surface area contributed by atoms with Crippen LogP contribution in [-0.4, -0.2) is 32.4 Å². The van der Waals surface area contributed by atoms with Crippen molar-refractivity contribution in [3.8, 4) is 0 Å². The van der Waals surface area contributed by atoms with E-state index in [0.717, 1.165) is 12.8 Å². The molecule has 1 N–H and O–H groups in total. The number of nitrogens with one attached hydrogen (secondary N) is 1. The largest absolute Gasteiger partial charge is 0.356 e. The monoisotopic (exact) mass is 265 g/mol. The van der Waals surface area contributed by atoms with Crippen LogP contribution in [0.5, 0.6) is 0 Å². The molecule has 0 aromatic heterocycles. The van der Waals surface area contributed by atoms with Crippen LogP contribution in [-0.2, 0) is 14.6 Å². The number of hydrogen-bond donors (Lipinski definition) is 1. The molecule has 1 unspecified atom stereocenters. The van der Waals surface area contributed by atoms with E-state index in [-0.39, 0.29) is 17.6 Å². The van der Waals surface area contributed by atoms with Crippen molar-refractivity contribution in [3.05, 3.63) is 0 Å². The molecule has 0 aromatic carbocycles. The van der Waals surface area contributed by atoms with Gasteiger partial charge in [-0.05, 0) is 18.8 Å². The van der Waals surface area contributed by atoms with Gasteiger partial charge in [0.2, 0.25) is 5.91 Å². The van der Waals surface area contributed by atoms with Crippen LogP contribution in [0.15, 0.2) is 0 Å². The van der Waals surface area contributed by atoms with Gasteiger partial charge >= 0.3 is 0 Å². The third-order valence-corrected chi connectivity index (χ3v) is 4.09. The maximum atomic E-state index is 11.2. The van der Waals surface area contributed by atoms with Gasteiger partial charge in [-0.2, -0.15) is 0 Å². The molecule has 1 heterocycles. The molecule has 0 saturated carbocycles. The van der Waals surface area contributed by atoms with Gasteiger partial charge in [0.25, 0.3) is 0 Å². The smallest absolute Gasteiger partial charge is 0.216 e. The Morgan fingerprint density at radius 1 is 1.24 bits per heavy atom. The molecule has 1 rings (SSSR count). The van der Waals surface area contributed by atoms with E-state index in [0.29, 0.717) is 12.3 Å². The highest BCUT2D eigenvalue weighted by atomic mass is 32.2. The van der Waals surface area contributed by atoms with Gasteiger partial charge < -0.3 is 5.32 Å². The molecule has 1 atom stereocenters. The lowest BCUT2D eigenvalue weighted by Gasteiger charge is -2.21. The first-order valence-electron chi connectivity index (χ1n) is 6.44. The van der Waals surface area contributed by atoms with Crippen molar-refractivity contribution in [3.63, 3.8) is 0 Å². The second-order valence-electron chi connectivity index (χ2n) is 3.56. The summed E-state index contributed by atoms with van der Waals surface area (Å²) in [5.74, 6) is 0.558. The highest BCUT2D eigenvalue weighted by Crippen LogP contribution is 2.17. The number of hydrogen-bond acceptors (Lipinski definition) is 3. The number of carbonyl (C=O) groups is 1. The topological polar surface area (TPSA) is 63.2 Å². The summed E-state index contributed by atoms with van der Waals surface area (Å²) in [6, 6.07) is 0. The Balaban J connectivity index is 0. The van der Waals surface area contributed by atoms with Crippen LogP contribution in [0.4, 0.5) is 0 Å². The second kappa shape index (κ2) is 10.6. The van der Waals surface area contributed by atoms with Gasteiger partial charge in [-0.3, -0.25) is 4.79 Å². The molecular formula is C12H27NO3S. The Bertz CT molecular complexity index is 286. The Labute approximate surface area is 106 Å². The minimum atomic E-state index is -2.83. The van der Waals surface area contributed by atoms with Gasteiger partial charge in [-0.1, -0.05) is 27.7 Å². The van der Waals surface area contributed by atoms with E-state index in [9.17, 15) is 13.2 Å². The molecule has 0 aliphatic carbocycles. The van der Waals surface area contributed by atoms with Gasteiger partial charge in [0.15, 0.2) is 9.84 Å². The van der Waals surface area contributed by atoms with Gasteiger partial charge in [-0.15, -0.1) is 0 Å². The van der Waals surface area contributed by atoms with Crippen molar-refractivity contribution in [1.82, 2.24) is 5.32 Å². The summed E-state index contributed by atoms with van der Waals surface area (Å²) in [6.07, 6.45) is 1.63. The average molecular weight is 265 g/mol. The molecule has 1 saturated heterocycles. The molecular weight excluding hydrogens is 238 g/mol. The van der Waals surface area contributed by atoms with E-state index in [1.54, 1.807) is 0 Å². The third kappa shape index (κ3) is 10.3. The zero-order chi connectivity index (χ0) is 13.9. The first kappa shape index (κ1) is 18.8. The van der Waals surface area contributed by atoms with Crippen LogP contribution in [0, 0.1) is 5.92 Å². The van der Waals surface area contributed by atoms with E-state index in [1.165, 1.54) is 6.92 Å². The molecule has 17 heavy (non-hydrogen) atoms. The van der Waals surface area contributed by atoms with Gasteiger partial charge in [-0.25, -0.2) is 8.42 Å². The second-order valence-corrected chi connectivity index (χ2v) is 5.79. The highest BCUT2D eigenvalue weighted by molar-refractivity contribution is 7.91. The Morgan fingerprint density at radius 3 is 2.18 bits per heavy atom. The van der Waals surface area contributed by atoms with Crippen LogP contribution < -0.4 is 5.32 Å². The van der Waals surface area contributed by atoms with E-state index in [1.807, 2.05) is 27.7 Å². The molecule has 1 aliphatic rings. The zero-order valence-electron chi connectivity index (χ0n) is 11.7. The molecule has 5 heteroatoms. The van der Waals surface area contributed by atoms with Crippen molar-refractivity contribution < 1.29 is 13.2 Å². The Hall–Kier alpha value is -0.580. The summed E-state index contributed by atoms with van der Waals surface area (Å²) in [5, 5.41) is 2.65. The van der Waals surface area contributed by atoms with E-state index < -0.39 is 9.84 Å². The summed E-state index contributed by atoms with van der Waals surface area (Å²) in [6.45, 7) is 9.94. The fourth-order valence-electron chi connectivity index (χ4n) is 1.57. The third-order valence-electron chi connectivity index (χ3n) is 2.20. The first-order chi connectivity index (χ1) is 7.99. The molecule has 0 spiro atoms. The average Bonchev–Trinajstić information content (AvgIpc) is 2.30. The van der Waals surface area contributed by atoms with Crippen molar-refractivity contribution in [2.75, 3.05) is 18.1 Å². The number of rotatable bonds is 2. The molecule has 4 nitrogen and oxygen atoms in total. The van der Waals surface area contributed by atoms with Crippen LogP contribution in [0.25, 0.3) is 0 Å². The molecule has 0 radical (unpaired) electrons. The fourth-order valence-corrected chi connectivity index (χ4v) is 3.34. The minimum absolute atomic E-state index is 0.0945. The number of sulfone groups is 1. The quantitative estimate of drug-likeness (QED) is 0.830. The zero-order valence-corrected chi connectivity index (χ0v) is 12.6. The van der Waals surface area contributed by atoms with Crippen molar-refractivity contribution in [1.29, 1.82) is 0 Å². The summed E-state index contributed by atoms with van der Waals surface area (Å²) >= 11 is 0.